The SMILES string of the molecule is COc1ccc(-c2cncnc2-c2cc(OC)c(OC)c(OC)c2)cc1F. The van der Waals surface area contributed by atoms with Gasteiger partial charge in [-0.05, 0) is 29.8 Å². The van der Waals surface area contributed by atoms with Crippen LogP contribution in [0.15, 0.2) is 42.9 Å². The number of hydrogen-bond donors (Lipinski definition) is 0. The average molecular weight is 370 g/mol. The van der Waals surface area contributed by atoms with Gasteiger partial charge in [-0.2, -0.15) is 0 Å². The highest BCUT2D eigenvalue weighted by atomic mass is 19.1. The Morgan fingerprint density at radius 3 is 2.00 bits per heavy atom. The summed E-state index contributed by atoms with van der Waals surface area (Å²) < 4.78 is 35.3. The van der Waals surface area contributed by atoms with Gasteiger partial charge in [0.25, 0.3) is 0 Å². The summed E-state index contributed by atoms with van der Waals surface area (Å²) in [6, 6.07) is 8.28. The quantitative estimate of drug-likeness (QED) is 0.654. The fraction of sp³-hybridized carbons (Fsp3) is 0.200. The normalized spacial score (nSPS) is 10.4. The molecule has 7 heteroatoms. The van der Waals surface area contributed by atoms with E-state index in [1.165, 1.54) is 26.6 Å². The molecule has 2 aromatic carbocycles. The third-order valence-electron chi connectivity index (χ3n) is 4.11. The second kappa shape index (κ2) is 7.90. The number of halogens is 1. The zero-order chi connectivity index (χ0) is 19.4. The van der Waals surface area contributed by atoms with Crippen LogP contribution in [0.2, 0.25) is 0 Å². The number of benzene rings is 2. The largest absolute Gasteiger partial charge is 0.494 e. The maximum absolute atomic E-state index is 14.2. The second-order valence-electron chi connectivity index (χ2n) is 5.55. The minimum absolute atomic E-state index is 0.171. The molecule has 0 unspecified atom stereocenters. The molecule has 1 aromatic heterocycles. The second-order valence-corrected chi connectivity index (χ2v) is 5.55. The van der Waals surface area contributed by atoms with E-state index in [0.29, 0.717) is 34.1 Å². The number of nitrogens with zero attached hydrogens (tertiary/aromatic N) is 2. The summed E-state index contributed by atoms with van der Waals surface area (Å²) in [6.07, 6.45) is 3.06. The molecule has 0 aliphatic heterocycles. The molecule has 0 spiro atoms. The highest BCUT2D eigenvalue weighted by molar-refractivity contribution is 5.82. The van der Waals surface area contributed by atoms with Gasteiger partial charge in [-0.3, -0.25) is 0 Å². The van der Waals surface area contributed by atoms with Gasteiger partial charge in [0.2, 0.25) is 5.75 Å². The Hall–Kier alpha value is -3.35. The lowest BCUT2D eigenvalue weighted by Crippen LogP contribution is -1.98. The Kier molecular flexibility index (Phi) is 5.40. The molecule has 0 aliphatic rings. The van der Waals surface area contributed by atoms with Crippen molar-refractivity contribution in [2.75, 3.05) is 28.4 Å². The van der Waals surface area contributed by atoms with E-state index in [9.17, 15) is 4.39 Å². The minimum Gasteiger partial charge on any atom is -0.494 e. The van der Waals surface area contributed by atoms with Crippen LogP contribution < -0.4 is 18.9 Å². The van der Waals surface area contributed by atoms with Gasteiger partial charge in [-0.1, -0.05) is 6.07 Å². The van der Waals surface area contributed by atoms with Crippen molar-refractivity contribution < 1.29 is 23.3 Å². The van der Waals surface area contributed by atoms with Crippen LogP contribution in [0.25, 0.3) is 22.4 Å². The lowest BCUT2D eigenvalue weighted by atomic mass is 10.00. The third-order valence-corrected chi connectivity index (χ3v) is 4.11. The van der Waals surface area contributed by atoms with Crippen molar-refractivity contribution in [3.05, 3.63) is 48.7 Å². The molecule has 140 valence electrons. The van der Waals surface area contributed by atoms with Gasteiger partial charge in [0.05, 0.1) is 34.1 Å². The number of aromatic nitrogens is 2. The number of rotatable bonds is 6. The Morgan fingerprint density at radius 2 is 1.44 bits per heavy atom. The fourth-order valence-corrected chi connectivity index (χ4v) is 2.82. The predicted octanol–water partition coefficient (Wildman–Crippen LogP) is 3.98. The molecule has 0 saturated carbocycles. The molecule has 0 N–H and O–H groups in total. The Bertz CT molecular complexity index is 937. The van der Waals surface area contributed by atoms with Crippen molar-refractivity contribution in [3.8, 4) is 45.4 Å². The molecule has 0 fully saturated rings. The molecule has 0 atom stereocenters. The van der Waals surface area contributed by atoms with Gasteiger partial charge in [-0.25, -0.2) is 14.4 Å². The smallest absolute Gasteiger partial charge is 0.203 e. The monoisotopic (exact) mass is 370 g/mol. The minimum atomic E-state index is -0.463. The van der Waals surface area contributed by atoms with Crippen LogP contribution >= 0.6 is 0 Å². The first-order valence-corrected chi connectivity index (χ1v) is 8.07. The van der Waals surface area contributed by atoms with Crippen LogP contribution in [-0.4, -0.2) is 38.4 Å². The van der Waals surface area contributed by atoms with Crippen LogP contribution in [0, 0.1) is 5.82 Å². The van der Waals surface area contributed by atoms with Crippen molar-refractivity contribution in [2.45, 2.75) is 0 Å². The van der Waals surface area contributed by atoms with E-state index >= 15 is 0 Å². The summed E-state index contributed by atoms with van der Waals surface area (Å²) >= 11 is 0. The molecule has 3 rings (SSSR count). The first-order chi connectivity index (χ1) is 13.1. The Morgan fingerprint density at radius 1 is 0.778 bits per heavy atom. The van der Waals surface area contributed by atoms with Crippen molar-refractivity contribution in [1.29, 1.82) is 0 Å². The van der Waals surface area contributed by atoms with Gasteiger partial charge in [-0.15, -0.1) is 0 Å². The summed E-state index contributed by atoms with van der Waals surface area (Å²) in [6.45, 7) is 0. The van der Waals surface area contributed by atoms with Crippen molar-refractivity contribution in [1.82, 2.24) is 9.97 Å². The van der Waals surface area contributed by atoms with E-state index in [4.69, 9.17) is 18.9 Å². The average Bonchev–Trinajstić information content (AvgIpc) is 2.72. The first-order valence-electron chi connectivity index (χ1n) is 8.07. The molecule has 0 amide bonds. The number of ether oxygens (including phenoxy) is 4. The maximum atomic E-state index is 14.2. The first kappa shape index (κ1) is 18.4. The molecule has 1 heterocycles. The van der Waals surface area contributed by atoms with Gasteiger partial charge in [0.1, 0.15) is 6.33 Å². The molecular formula is C20H19FN2O4. The molecule has 0 bridgehead atoms. The van der Waals surface area contributed by atoms with E-state index in [1.54, 1.807) is 44.7 Å². The van der Waals surface area contributed by atoms with Crippen LogP contribution in [0.5, 0.6) is 23.0 Å². The highest BCUT2D eigenvalue weighted by Gasteiger charge is 2.18. The van der Waals surface area contributed by atoms with Gasteiger partial charge in [0, 0.05) is 17.3 Å². The Labute approximate surface area is 156 Å². The Balaban J connectivity index is 2.18. The number of methoxy groups -OCH3 is 4. The molecule has 0 aliphatic carbocycles. The summed E-state index contributed by atoms with van der Waals surface area (Å²) in [5.41, 5.74) is 2.61. The lowest BCUT2D eigenvalue weighted by molar-refractivity contribution is 0.324. The van der Waals surface area contributed by atoms with E-state index in [2.05, 4.69) is 9.97 Å². The van der Waals surface area contributed by atoms with Crippen LogP contribution in [0.3, 0.4) is 0 Å². The number of hydrogen-bond acceptors (Lipinski definition) is 6. The third kappa shape index (κ3) is 3.48. The van der Waals surface area contributed by atoms with Gasteiger partial charge < -0.3 is 18.9 Å². The van der Waals surface area contributed by atoms with Gasteiger partial charge in [0.15, 0.2) is 23.1 Å². The summed E-state index contributed by atoms with van der Waals surface area (Å²) in [5, 5.41) is 0. The van der Waals surface area contributed by atoms with Gasteiger partial charge >= 0.3 is 0 Å². The topological polar surface area (TPSA) is 62.7 Å². The highest BCUT2D eigenvalue weighted by Crippen LogP contribution is 2.42. The molecule has 6 nitrogen and oxygen atoms in total. The maximum Gasteiger partial charge on any atom is 0.203 e. The standard InChI is InChI=1S/C20H19FN2O4/c1-24-16-6-5-12(7-15(16)21)14-10-22-11-23-19(14)13-8-17(25-2)20(27-4)18(9-13)26-3/h5-11H,1-4H3. The van der Waals surface area contributed by atoms with Crippen molar-refractivity contribution >= 4 is 0 Å². The fourth-order valence-electron chi connectivity index (χ4n) is 2.82. The molecule has 0 saturated heterocycles. The summed E-state index contributed by atoms with van der Waals surface area (Å²) in [4.78, 5) is 8.47. The summed E-state index contributed by atoms with van der Waals surface area (Å²) in [7, 11) is 6.04. The van der Waals surface area contributed by atoms with Crippen LogP contribution in [0.4, 0.5) is 4.39 Å². The zero-order valence-electron chi connectivity index (χ0n) is 15.4. The van der Waals surface area contributed by atoms with E-state index in [-0.39, 0.29) is 5.75 Å². The zero-order valence-corrected chi connectivity index (χ0v) is 15.4. The summed E-state index contributed by atoms with van der Waals surface area (Å²) in [5.74, 6) is 1.18. The predicted molar refractivity (Wildman–Crippen MR) is 99.1 cm³/mol. The van der Waals surface area contributed by atoms with E-state index in [0.717, 1.165) is 5.56 Å². The molecule has 27 heavy (non-hydrogen) atoms. The van der Waals surface area contributed by atoms with Crippen molar-refractivity contribution in [3.63, 3.8) is 0 Å². The van der Waals surface area contributed by atoms with Crippen LogP contribution in [0.1, 0.15) is 0 Å². The van der Waals surface area contributed by atoms with Crippen LogP contribution in [-0.2, 0) is 0 Å². The van der Waals surface area contributed by atoms with Crippen molar-refractivity contribution in [2.24, 2.45) is 0 Å². The van der Waals surface area contributed by atoms with E-state index in [1.807, 2.05) is 0 Å². The molecule has 3 aromatic rings. The molecule has 0 radical (unpaired) electrons. The molecular weight excluding hydrogens is 351 g/mol. The lowest BCUT2D eigenvalue weighted by Gasteiger charge is -2.15. The van der Waals surface area contributed by atoms with E-state index < -0.39 is 5.82 Å².